The Morgan fingerprint density at radius 3 is 2.54 bits per heavy atom. The number of ether oxygens (including phenoxy) is 1. The number of hydrogen-bond acceptors (Lipinski definition) is 3. The van der Waals surface area contributed by atoms with E-state index in [4.69, 9.17) is 10.5 Å². The van der Waals surface area contributed by atoms with Gasteiger partial charge in [-0.3, -0.25) is 4.90 Å². The summed E-state index contributed by atoms with van der Waals surface area (Å²) in [6.07, 6.45) is 7.31. The third-order valence-electron chi connectivity index (χ3n) is 4.28. The zero-order valence-corrected chi connectivity index (χ0v) is 17.9. The van der Waals surface area contributed by atoms with Crippen LogP contribution < -0.4 is 16.0 Å². The van der Waals surface area contributed by atoms with Crippen LogP contribution >= 0.6 is 24.0 Å². The van der Waals surface area contributed by atoms with Crippen molar-refractivity contribution in [2.75, 3.05) is 24.6 Å². The maximum absolute atomic E-state index is 11.5. The number of aliphatic imine (C=N–C) groups is 1. The van der Waals surface area contributed by atoms with E-state index in [-0.39, 0.29) is 30.1 Å². The highest BCUT2D eigenvalue weighted by Gasteiger charge is 2.23. The van der Waals surface area contributed by atoms with Crippen molar-refractivity contribution < 1.29 is 9.53 Å². The second-order valence-electron chi connectivity index (χ2n) is 6.33. The van der Waals surface area contributed by atoms with E-state index in [1.54, 1.807) is 4.90 Å². The van der Waals surface area contributed by atoms with Crippen LogP contribution in [-0.2, 0) is 11.3 Å². The van der Waals surface area contributed by atoms with Crippen LogP contribution in [0, 0.1) is 0 Å². The number of guanidine groups is 1. The molecule has 1 saturated heterocycles. The van der Waals surface area contributed by atoms with Crippen LogP contribution in [-0.4, -0.2) is 31.7 Å². The number of nitrogens with zero attached hydrogens (tertiary/aromatic N) is 2. The van der Waals surface area contributed by atoms with Gasteiger partial charge in [0.2, 0.25) is 0 Å². The normalized spacial score (nSPS) is 14.1. The summed E-state index contributed by atoms with van der Waals surface area (Å²) in [5.41, 5.74) is 7.81. The van der Waals surface area contributed by atoms with Gasteiger partial charge in [-0.2, -0.15) is 0 Å². The topological polar surface area (TPSA) is 79.9 Å². The van der Waals surface area contributed by atoms with Crippen molar-refractivity contribution >= 4 is 41.7 Å². The quantitative estimate of drug-likeness (QED) is 0.232. The van der Waals surface area contributed by atoms with E-state index < -0.39 is 0 Å². The molecule has 0 spiro atoms. The number of benzene rings is 1. The van der Waals surface area contributed by atoms with Crippen molar-refractivity contribution in [3.05, 3.63) is 29.8 Å². The Balaban J connectivity index is 0.00000338. The lowest BCUT2D eigenvalue weighted by atomic mass is 10.1. The number of hydrogen-bond donors (Lipinski definition) is 2. The van der Waals surface area contributed by atoms with Crippen molar-refractivity contribution in [1.82, 2.24) is 5.32 Å². The van der Waals surface area contributed by atoms with E-state index in [0.29, 0.717) is 25.7 Å². The van der Waals surface area contributed by atoms with E-state index >= 15 is 0 Å². The second-order valence-corrected chi connectivity index (χ2v) is 6.33. The molecule has 0 atom stereocenters. The highest BCUT2D eigenvalue weighted by atomic mass is 127. The standard InChI is InChI=1S/C19H30N4O2.HI/c1-2-3-4-5-6-7-12-21-18(20)22-15-16-8-10-17(11-9-16)23-13-14-25-19(23)24;/h8-11H,2-7,12-15H2,1H3,(H3,20,21,22);1H. The molecule has 146 valence electrons. The highest BCUT2D eigenvalue weighted by Crippen LogP contribution is 2.19. The zero-order chi connectivity index (χ0) is 17.9. The van der Waals surface area contributed by atoms with Gasteiger partial charge in [-0.25, -0.2) is 9.79 Å². The summed E-state index contributed by atoms with van der Waals surface area (Å²) in [5.74, 6) is 0.487. The van der Waals surface area contributed by atoms with E-state index in [0.717, 1.165) is 24.2 Å². The van der Waals surface area contributed by atoms with Crippen molar-refractivity contribution in [1.29, 1.82) is 0 Å². The Labute approximate surface area is 173 Å². The van der Waals surface area contributed by atoms with Gasteiger partial charge in [0.25, 0.3) is 0 Å². The fourth-order valence-electron chi connectivity index (χ4n) is 2.76. The average Bonchev–Trinajstić information content (AvgIpc) is 3.05. The Kier molecular flexibility index (Phi) is 11.1. The van der Waals surface area contributed by atoms with Crippen LogP contribution in [0.25, 0.3) is 0 Å². The number of carbonyl (C=O) groups excluding carboxylic acids is 1. The molecule has 1 aromatic rings. The van der Waals surface area contributed by atoms with Crippen LogP contribution in [0.3, 0.4) is 0 Å². The van der Waals surface area contributed by atoms with Crippen LogP contribution in [0.1, 0.15) is 51.0 Å². The van der Waals surface area contributed by atoms with Gasteiger partial charge in [0.05, 0.1) is 13.1 Å². The molecule has 1 aliphatic heterocycles. The molecule has 2 rings (SSSR count). The largest absolute Gasteiger partial charge is 0.447 e. The molecular formula is C19H31IN4O2. The molecule has 0 unspecified atom stereocenters. The summed E-state index contributed by atoms with van der Waals surface area (Å²) in [7, 11) is 0. The summed E-state index contributed by atoms with van der Waals surface area (Å²) >= 11 is 0. The molecule has 7 heteroatoms. The van der Waals surface area contributed by atoms with Gasteiger partial charge >= 0.3 is 6.09 Å². The predicted octanol–water partition coefficient (Wildman–Crippen LogP) is 4.03. The summed E-state index contributed by atoms with van der Waals surface area (Å²) < 4.78 is 4.94. The molecular weight excluding hydrogens is 443 g/mol. The van der Waals surface area contributed by atoms with Crippen molar-refractivity contribution in [2.24, 2.45) is 10.7 Å². The second kappa shape index (κ2) is 12.8. The van der Waals surface area contributed by atoms with Crippen LogP contribution in [0.5, 0.6) is 0 Å². The molecule has 26 heavy (non-hydrogen) atoms. The molecule has 0 aliphatic carbocycles. The van der Waals surface area contributed by atoms with Crippen molar-refractivity contribution in [2.45, 2.75) is 52.0 Å². The smallest absolute Gasteiger partial charge is 0.414 e. The van der Waals surface area contributed by atoms with E-state index in [1.165, 1.54) is 32.1 Å². The molecule has 6 nitrogen and oxygen atoms in total. The van der Waals surface area contributed by atoms with Crippen LogP contribution in [0.15, 0.2) is 29.3 Å². The van der Waals surface area contributed by atoms with E-state index in [9.17, 15) is 4.79 Å². The van der Waals surface area contributed by atoms with E-state index in [2.05, 4.69) is 17.2 Å². The summed E-state index contributed by atoms with van der Waals surface area (Å²) in [5, 5.41) is 3.16. The molecule has 1 aromatic carbocycles. The first-order valence-corrected chi connectivity index (χ1v) is 9.27. The lowest BCUT2D eigenvalue weighted by Gasteiger charge is -2.12. The molecule has 1 amide bonds. The summed E-state index contributed by atoms with van der Waals surface area (Å²) in [4.78, 5) is 17.5. The Hall–Kier alpha value is -1.51. The fourth-order valence-corrected chi connectivity index (χ4v) is 2.76. The number of amides is 1. The SMILES string of the molecule is CCCCCCCCNC(N)=NCc1ccc(N2CCOC2=O)cc1.I. The maximum atomic E-state index is 11.5. The Bertz CT molecular complexity index is 563. The fraction of sp³-hybridized carbons (Fsp3) is 0.579. The van der Waals surface area contributed by atoms with Crippen LogP contribution in [0.2, 0.25) is 0 Å². The van der Waals surface area contributed by atoms with Crippen molar-refractivity contribution in [3.63, 3.8) is 0 Å². The molecule has 0 saturated carbocycles. The summed E-state index contributed by atoms with van der Waals surface area (Å²) in [6, 6.07) is 7.76. The zero-order valence-electron chi connectivity index (χ0n) is 15.6. The molecule has 1 fully saturated rings. The number of rotatable bonds is 10. The first kappa shape index (κ1) is 22.5. The Morgan fingerprint density at radius 1 is 1.19 bits per heavy atom. The molecule has 1 heterocycles. The maximum Gasteiger partial charge on any atom is 0.414 e. The lowest BCUT2D eigenvalue weighted by molar-refractivity contribution is 0.181. The number of halogens is 1. The lowest BCUT2D eigenvalue weighted by Crippen LogP contribution is -2.32. The Morgan fingerprint density at radius 2 is 1.88 bits per heavy atom. The van der Waals surface area contributed by atoms with Gasteiger partial charge in [-0.1, -0.05) is 51.2 Å². The predicted molar refractivity (Wildman–Crippen MR) is 117 cm³/mol. The highest BCUT2D eigenvalue weighted by molar-refractivity contribution is 14.0. The molecule has 0 radical (unpaired) electrons. The average molecular weight is 474 g/mol. The first-order chi connectivity index (χ1) is 12.2. The number of unbranched alkanes of at least 4 members (excludes halogenated alkanes) is 5. The summed E-state index contributed by atoms with van der Waals surface area (Å²) in [6.45, 7) is 4.68. The van der Waals surface area contributed by atoms with Gasteiger partial charge in [0, 0.05) is 12.2 Å². The third kappa shape index (κ3) is 7.80. The van der Waals surface area contributed by atoms with Crippen molar-refractivity contribution in [3.8, 4) is 0 Å². The van der Waals surface area contributed by atoms with Gasteiger partial charge < -0.3 is 15.8 Å². The van der Waals surface area contributed by atoms with Gasteiger partial charge in [0.15, 0.2) is 5.96 Å². The number of carbonyl (C=O) groups is 1. The number of cyclic esters (lactones) is 1. The third-order valence-corrected chi connectivity index (χ3v) is 4.28. The monoisotopic (exact) mass is 474 g/mol. The minimum Gasteiger partial charge on any atom is -0.447 e. The molecule has 3 N–H and O–H groups in total. The number of anilines is 1. The van der Waals surface area contributed by atoms with Crippen LogP contribution in [0.4, 0.5) is 10.5 Å². The molecule has 1 aliphatic rings. The molecule has 0 bridgehead atoms. The number of nitrogens with two attached hydrogens (primary N) is 1. The first-order valence-electron chi connectivity index (χ1n) is 9.27. The van der Waals surface area contributed by atoms with Gasteiger partial charge in [-0.05, 0) is 24.1 Å². The van der Waals surface area contributed by atoms with Gasteiger partial charge in [0.1, 0.15) is 6.61 Å². The minimum atomic E-state index is -0.283. The van der Waals surface area contributed by atoms with Gasteiger partial charge in [-0.15, -0.1) is 24.0 Å². The van der Waals surface area contributed by atoms with E-state index in [1.807, 2.05) is 24.3 Å². The minimum absolute atomic E-state index is 0. The molecule has 0 aromatic heterocycles. The number of nitrogens with one attached hydrogen (secondary N) is 1.